The SMILES string of the molecule is CCNc1nc(C)c(Br)nc1C(=O)OCC. The number of hydrogen-bond donors (Lipinski definition) is 1. The monoisotopic (exact) mass is 287 g/mol. The Morgan fingerprint density at radius 2 is 2.12 bits per heavy atom. The third kappa shape index (κ3) is 2.91. The lowest BCUT2D eigenvalue weighted by Gasteiger charge is -2.09. The van der Waals surface area contributed by atoms with Crippen LogP contribution in [0.3, 0.4) is 0 Å². The summed E-state index contributed by atoms with van der Waals surface area (Å²) in [6.07, 6.45) is 0. The summed E-state index contributed by atoms with van der Waals surface area (Å²) in [5, 5.41) is 2.99. The Bertz CT molecular complexity index is 396. The van der Waals surface area contributed by atoms with Crippen LogP contribution in [-0.2, 0) is 4.74 Å². The van der Waals surface area contributed by atoms with Gasteiger partial charge in [0.25, 0.3) is 0 Å². The number of rotatable bonds is 4. The lowest BCUT2D eigenvalue weighted by molar-refractivity contribution is 0.0520. The van der Waals surface area contributed by atoms with Crippen LogP contribution in [0.4, 0.5) is 5.82 Å². The fourth-order valence-electron chi connectivity index (χ4n) is 1.13. The number of nitrogens with zero attached hydrogens (tertiary/aromatic N) is 2. The minimum Gasteiger partial charge on any atom is -0.461 e. The normalized spacial score (nSPS) is 10.0. The Morgan fingerprint density at radius 3 is 2.69 bits per heavy atom. The second-order valence-corrected chi connectivity index (χ2v) is 3.80. The molecule has 16 heavy (non-hydrogen) atoms. The van der Waals surface area contributed by atoms with Crippen LogP contribution >= 0.6 is 15.9 Å². The van der Waals surface area contributed by atoms with Gasteiger partial charge >= 0.3 is 5.97 Å². The van der Waals surface area contributed by atoms with Crippen molar-refractivity contribution in [2.75, 3.05) is 18.5 Å². The van der Waals surface area contributed by atoms with Crippen molar-refractivity contribution in [1.29, 1.82) is 0 Å². The van der Waals surface area contributed by atoms with Gasteiger partial charge in [0.15, 0.2) is 11.5 Å². The van der Waals surface area contributed by atoms with Crippen molar-refractivity contribution >= 4 is 27.7 Å². The van der Waals surface area contributed by atoms with Crippen LogP contribution in [0.15, 0.2) is 4.60 Å². The molecule has 88 valence electrons. The largest absolute Gasteiger partial charge is 0.461 e. The molecule has 1 rings (SSSR count). The van der Waals surface area contributed by atoms with E-state index in [9.17, 15) is 4.79 Å². The molecule has 0 atom stereocenters. The van der Waals surface area contributed by atoms with Crippen molar-refractivity contribution in [3.8, 4) is 0 Å². The first-order chi connectivity index (χ1) is 7.60. The summed E-state index contributed by atoms with van der Waals surface area (Å²) in [5.74, 6) is -0.00620. The van der Waals surface area contributed by atoms with E-state index in [4.69, 9.17) is 4.74 Å². The maximum absolute atomic E-state index is 11.6. The molecule has 0 aliphatic rings. The van der Waals surface area contributed by atoms with Gasteiger partial charge in [-0.05, 0) is 36.7 Å². The number of carbonyl (C=O) groups excluding carboxylic acids is 1. The molecule has 0 amide bonds. The molecule has 0 saturated heterocycles. The Balaban J connectivity index is 3.13. The first kappa shape index (κ1) is 12.9. The van der Waals surface area contributed by atoms with Crippen LogP contribution in [0, 0.1) is 6.92 Å². The van der Waals surface area contributed by atoms with Gasteiger partial charge in [0.05, 0.1) is 12.3 Å². The van der Waals surface area contributed by atoms with Gasteiger partial charge < -0.3 is 10.1 Å². The summed E-state index contributed by atoms with van der Waals surface area (Å²) in [7, 11) is 0. The van der Waals surface area contributed by atoms with Crippen molar-refractivity contribution in [3.05, 3.63) is 16.0 Å². The van der Waals surface area contributed by atoms with E-state index in [0.29, 0.717) is 23.6 Å². The first-order valence-corrected chi connectivity index (χ1v) is 5.84. The van der Waals surface area contributed by atoms with Crippen molar-refractivity contribution < 1.29 is 9.53 Å². The molecule has 1 aromatic heterocycles. The molecule has 0 spiro atoms. The van der Waals surface area contributed by atoms with Gasteiger partial charge in [-0.3, -0.25) is 0 Å². The van der Waals surface area contributed by atoms with Gasteiger partial charge in [-0.25, -0.2) is 14.8 Å². The average Bonchev–Trinajstić information content (AvgIpc) is 2.23. The van der Waals surface area contributed by atoms with E-state index in [1.165, 1.54) is 0 Å². The highest BCUT2D eigenvalue weighted by molar-refractivity contribution is 9.10. The maximum atomic E-state index is 11.6. The minimum atomic E-state index is -0.466. The molecule has 0 aromatic carbocycles. The van der Waals surface area contributed by atoms with Crippen LogP contribution < -0.4 is 5.32 Å². The van der Waals surface area contributed by atoms with Gasteiger partial charge in [-0.1, -0.05) is 0 Å². The minimum absolute atomic E-state index is 0.209. The number of nitrogens with one attached hydrogen (secondary N) is 1. The fourth-order valence-corrected chi connectivity index (χ4v) is 1.40. The number of ether oxygens (including phenoxy) is 1. The molecule has 0 fully saturated rings. The van der Waals surface area contributed by atoms with E-state index in [1.807, 2.05) is 13.8 Å². The maximum Gasteiger partial charge on any atom is 0.360 e. The summed E-state index contributed by atoms with van der Waals surface area (Å²) in [6.45, 7) is 6.47. The molecule has 6 heteroatoms. The summed E-state index contributed by atoms with van der Waals surface area (Å²) >= 11 is 3.24. The molecule has 0 bridgehead atoms. The van der Waals surface area contributed by atoms with Crippen molar-refractivity contribution in [2.24, 2.45) is 0 Å². The Hall–Kier alpha value is -1.17. The van der Waals surface area contributed by atoms with Crippen LogP contribution in [0.5, 0.6) is 0 Å². The molecule has 1 heterocycles. The van der Waals surface area contributed by atoms with Gasteiger partial charge in [-0.2, -0.15) is 0 Å². The number of halogens is 1. The summed E-state index contributed by atoms with van der Waals surface area (Å²) in [4.78, 5) is 20.0. The smallest absolute Gasteiger partial charge is 0.360 e. The third-order valence-corrected chi connectivity index (χ3v) is 2.58. The van der Waals surface area contributed by atoms with Crippen molar-refractivity contribution in [3.63, 3.8) is 0 Å². The summed E-state index contributed by atoms with van der Waals surface area (Å²) < 4.78 is 5.46. The number of anilines is 1. The van der Waals surface area contributed by atoms with Gasteiger partial charge in [0, 0.05) is 6.54 Å². The quantitative estimate of drug-likeness (QED) is 0.860. The standard InChI is InChI=1S/C10H14BrN3O2/c1-4-12-9-7(10(15)16-5-2)14-8(11)6(3)13-9/h4-5H2,1-3H3,(H,12,13). The summed E-state index contributed by atoms with van der Waals surface area (Å²) in [6, 6.07) is 0. The van der Waals surface area contributed by atoms with E-state index < -0.39 is 5.97 Å². The molecule has 1 aromatic rings. The van der Waals surface area contributed by atoms with Crippen LogP contribution in [0.25, 0.3) is 0 Å². The first-order valence-electron chi connectivity index (χ1n) is 5.05. The Morgan fingerprint density at radius 1 is 1.44 bits per heavy atom. The predicted octanol–water partition coefficient (Wildman–Crippen LogP) is 2.16. The van der Waals surface area contributed by atoms with Crippen LogP contribution in [-0.4, -0.2) is 29.1 Å². The van der Waals surface area contributed by atoms with E-state index in [2.05, 4.69) is 31.2 Å². The zero-order valence-corrected chi connectivity index (χ0v) is 11.1. The number of carbonyl (C=O) groups is 1. The molecule has 0 aliphatic heterocycles. The average molecular weight is 288 g/mol. The van der Waals surface area contributed by atoms with E-state index >= 15 is 0 Å². The van der Waals surface area contributed by atoms with Gasteiger partial charge in [-0.15, -0.1) is 0 Å². The Kier molecular flexibility index (Phi) is 4.67. The van der Waals surface area contributed by atoms with Crippen molar-refractivity contribution in [2.45, 2.75) is 20.8 Å². The van der Waals surface area contributed by atoms with Crippen LogP contribution in [0.1, 0.15) is 30.0 Å². The second kappa shape index (κ2) is 5.79. The highest BCUT2D eigenvalue weighted by Gasteiger charge is 2.17. The zero-order valence-electron chi connectivity index (χ0n) is 9.50. The molecule has 5 nitrogen and oxygen atoms in total. The number of aryl methyl sites for hydroxylation is 1. The molecular weight excluding hydrogens is 274 g/mol. The molecule has 0 aliphatic carbocycles. The molecular formula is C10H14BrN3O2. The van der Waals surface area contributed by atoms with Crippen LogP contribution in [0.2, 0.25) is 0 Å². The lowest BCUT2D eigenvalue weighted by atomic mass is 10.3. The highest BCUT2D eigenvalue weighted by Crippen LogP contribution is 2.18. The molecule has 0 unspecified atom stereocenters. The molecule has 0 radical (unpaired) electrons. The lowest BCUT2D eigenvalue weighted by Crippen LogP contribution is -2.14. The topological polar surface area (TPSA) is 64.1 Å². The number of hydrogen-bond acceptors (Lipinski definition) is 5. The highest BCUT2D eigenvalue weighted by atomic mass is 79.9. The third-order valence-electron chi connectivity index (χ3n) is 1.83. The zero-order chi connectivity index (χ0) is 12.1. The number of aromatic nitrogens is 2. The van der Waals surface area contributed by atoms with Gasteiger partial charge in [0.2, 0.25) is 0 Å². The Labute approximate surface area is 103 Å². The number of esters is 1. The van der Waals surface area contributed by atoms with Crippen molar-refractivity contribution in [1.82, 2.24) is 9.97 Å². The predicted molar refractivity (Wildman–Crippen MR) is 64.6 cm³/mol. The van der Waals surface area contributed by atoms with Gasteiger partial charge in [0.1, 0.15) is 4.60 Å². The van der Waals surface area contributed by atoms with E-state index in [1.54, 1.807) is 6.92 Å². The van der Waals surface area contributed by atoms with E-state index in [0.717, 1.165) is 5.69 Å². The van der Waals surface area contributed by atoms with E-state index in [-0.39, 0.29) is 5.69 Å². The molecule has 0 saturated carbocycles. The molecule has 1 N–H and O–H groups in total. The summed E-state index contributed by atoms with van der Waals surface area (Å²) in [5.41, 5.74) is 0.935. The second-order valence-electron chi connectivity index (χ2n) is 3.05. The fraction of sp³-hybridized carbons (Fsp3) is 0.500.